The van der Waals surface area contributed by atoms with Gasteiger partial charge < -0.3 is 8.98 Å². The number of fused-ring (bicyclic) bond motifs is 11. The van der Waals surface area contributed by atoms with Gasteiger partial charge in [-0.1, -0.05) is 84.9 Å². The van der Waals surface area contributed by atoms with Crippen LogP contribution in [0.1, 0.15) is 0 Å². The standard InChI is InChI=1S/C32H19NO/c1-2-10-22(11-3-1)33-28-19-15-20-8-4-6-12-23(20)29(28)27-18-17-26-25-16-14-21-9-5-7-13-24(21)31(25)34-32(26)30(27)33/h1-19H. The van der Waals surface area contributed by atoms with Gasteiger partial charge in [-0.25, -0.2) is 0 Å². The molecule has 0 aliphatic carbocycles. The van der Waals surface area contributed by atoms with Crippen molar-refractivity contribution < 1.29 is 4.42 Å². The van der Waals surface area contributed by atoms with Crippen molar-refractivity contribution >= 4 is 65.3 Å². The topological polar surface area (TPSA) is 18.1 Å². The number of para-hydroxylation sites is 1. The Bertz CT molecular complexity index is 2060. The van der Waals surface area contributed by atoms with E-state index >= 15 is 0 Å². The van der Waals surface area contributed by atoms with Gasteiger partial charge in [0, 0.05) is 32.6 Å². The molecule has 6 aromatic carbocycles. The van der Waals surface area contributed by atoms with Crippen LogP contribution in [0.5, 0.6) is 0 Å². The SMILES string of the molecule is c1ccc(-n2c3ccc4ccccc4c3c3ccc4c5ccc6ccccc6c5oc4c32)cc1. The highest BCUT2D eigenvalue weighted by molar-refractivity contribution is 6.28. The zero-order chi connectivity index (χ0) is 22.2. The summed E-state index contributed by atoms with van der Waals surface area (Å²) in [5, 5.41) is 9.65. The van der Waals surface area contributed by atoms with E-state index < -0.39 is 0 Å². The summed E-state index contributed by atoms with van der Waals surface area (Å²) in [4.78, 5) is 0. The molecule has 0 spiro atoms. The molecule has 0 radical (unpaired) electrons. The van der Waals surface area contributed by atoms with Crippen molar-refractivity contribution in [2.75, 3.05) is 0 Å². The lowest BCUT2D eigenvalue weighted by Crippen LogP contribution is -1.93. The largest absolute Gasteiger partial charge is 0.453 e. The molecule has 0 saturated carbocycles. The molecular weight excluding hydrogens is 414 g/mol. The van der Waals surface area contributed by atoms with Gasteiger partial charge in [-0.3, -0.25) is 0 Å². The predicted octanol–water partition coefficient (Wildman–Crippen LogP) is 8.99. The molecule has 2 nitrogen and oxygen atoms in total. The quantitative estimate of drug-likeness (QED) is 0.253. The van der Waals surface area contributed by atoms with Crippen molar-refractivity contribution in [2.45, 2.75) is 0 Å². The minimum absolute atomic E-state index is 0.938. The molecule has 2 heteroatoms. The average molecular weight is 434 g/mol. The van der Waals surface area contributed by atoms with E-state index in [0.717, 1.165) is 38.5 Å². The Morgan fingerprint density at radius 2 is 1.06 bits per heavy atom. The summed E-state index contributed by atoms with van der Waals surface area (Å²) in [7, 11) is 0. The van der Waals surface area contributed by atoms with Crippen LogP contribution in [0.2, 0.25) is 0 Å². The van der Waals surface area contributed by atoms with Crippen LogP contribution >= 0.6 is 0 Å². The first-order chi connectivity index (χ1) is 16.9. The first kappa shape index (κ1) is 17.9. The summed E-state index contributed by atoms with van der Waals surface area (Å²) in [6.45, 7) is 0. The minimum atomic E-state index is 0.938. The first-order valence-electron chi connectivity index (χ1n) is 11.6. The number of aromatic nitrogens is 1. The van der Waals surface area contributed by atoms with E-state index in [9.17, 15) is 0 Å². The van der Waals surface area contributed by atoms with Crippen molar-refractivity contribution in [1.29, 1.82) is 0 Å². The number of nitrogens with zero attached hydrogens (tertiary/aromatic N) is 1. The molecule has 0 amide bonds. The maximum atomic E-state index is 6.76. The summed E-state index contributed by atoms with van der Waals surface area (Å²) in [6, 6.07) is 41.1. The molecule has 2 aromatic heterocycles. The lowest BCUT2D eigenvalue weighted by Gasteiger charge is -2.08. The third-order valence-electron chi connectivity index (χ3n) is 7.16. The molecule has 0 aliphatic rings. The van der Waals surface area contributed by atoms with E-state index in [4.69, 9.17) is 4.42 Å². The van der Waals surface area contributed by atoms with Crippen LogP contribution in [0, 0.1) is 0 Å². The van der Waals surface area contributed by atoms with Crippen LogP contribution < -0.4 is 0 Å². The maximum Gasteiger partial charge on any atom is 0.160 e. The van der Waals surface area contributed by atoms with Crippen LogP contribution in [0.25, 0.3) is 71.0 Å². The lowest BCUT2D eigenvalue weighted by molar-refractivity contribution is 0.675. The highest BCUT2D eigenvalue weighted by atomic mass is 16.3. The molecule has 34 heavy (non-hydrogen) atoms. The Morgan fingerprint density at radius 1 is 0.441 bits per heavy atom. The summed E-state index contributed by atoms with van der Waals surface area (Å²) in [5.41, 5.74) is 5.34. The zero-order valence-electron chi connectivity index (χ0n) is 18.3. The summed E-state index contributed by atoms with van der Waals surface area (Å²) in [5.74, 6) is 0. The van der Waals surface area contributed by atoms with E-state index in [1.165, 1.54) is 32.4 Å². The van der Waals surface area contributed by atoms with Gasteiger partial charge in [0.1, 0.15) is 5.58 Å². The second kappa shape index (κ2) is 6.49. The van der Waals surface area contributed by atoms with Gasteiger partial charge in [0.05, 0.1) is 11.0 Å². The fraction of sp³-hybridized carbons (Fsp3) is 0. The van der Waals surface area contributed by atoms with E-state index in [0.29, 0.717) is 0 Å². The van der Waals surface area contributed by atoms with Gasteiger partial charge >= 0.3 is 0 Å². The van der Waals surface area contributed by atoms with Crippen molar-refractivity contribution in [3.05, 3.63) is 115 Å². The number of hydrogen-bond acceptors (Lipinski definition) is 1. The molecule has 0 aliphatic heterocycles. The normalized spacial score (nSPS) is 12.1. The summed E-state index contributed by atoms with van der Waals surface area (Å²) < 4.78 is 9.13. The van der Waals surface area contributed by atoms with Gasteiger partial charge in [0.15, 0.2) is 5.58 Å². The average Bonchev–Trinajstić information content (AvgIpc) is 3.45. The second-order valence-electron chi connectivity index (χ2n) is 8.96. The Labute approximate surface area is 195 Å². The Hall–Kier alpha value is -4.56. The van der Waals surface area contributed by atoms with Crippen molar-refractivity contribution in [1.82, 2.24) is 4.57 Å². The van der Waals surface area contributed by atoms with Gasteiger partial charge in [0.2, 0.25) is 0 Å². The van der Waals surface area contributed by atoms with E-state index in [2.05, 4.69) is 120 Å². The highest BCUT2D eigenvalue weighted by Gasteiger charge is 2.20. The van der Waals surface area contributed by atoms with Crippen LogP contribution in [-0.4, -0.2) is 4.57 Å². The number of hydrogen-bond donors (Lipinski definition) is 0. The predicted molar refractivity (Wildman–Crippen MR) is 143 cm³/mol. The van der Waals surface area contributed by atoms with Crippen molar-refractivity contribution in [3.63, 3.8) is 0 Å². The van der Waals surface area contributed by atoms with E-state index in [1.54, 1.807) is 0 Å². The third kappa shape index (κ3) is 2.24. The van der Waals surface area contributed by atoms with Gasteiger partial charge in [-0.2, -0.15) is 0 Å². The second-order valence-corrected chi connectivity index (χ2v) is 8.96. The molecule has 0 fully saturated rings. The monoisotopic (exact) mass is 433 g/mol. The molecular formula is C32H19NO. The molecule has 2 heterocycles. The molecule has 158 valence electrons. The highest BCUT2D eigenvalue weighted by Crippen LogP contribution is 2.43. The fourth-order valence-corrected chi connectivity index (χ4v) is 5.67. The molecule has 0 bridgehead atoms. The lowest BCUT2D eigenvalue weighted by atomic mass is 10.0. The van der Waals surface area contributed by atoms with Gasteiger partial charge in [0.25, 0.3) is 0 Å². The molecule has 8 aromatic rings. The first-order valence-corrected chi connectivity index (χ1v) is 11.6. The summed E-state index contributed by atoms with van der Waals surface area (Å²) >= 11 is 0. The molecule has 0 unspecified atom stereocenters. The van der Waals surface area contributed by atoms with Crippen molar-refractivity contribution in [2.24, 2.45) is 0 Å². The zero-order valence-corrected chi connectivity index (χ0v) is 18.3. The van der Waals surface area contributed by atoms with Gasteiger partial charge in [-0.15, -0.1) is 0 Å². The smallest absolute Gasteiger partial charge is 0.160 e. The van der Waals surface area contributed by atoms with E-state index in [-0.39, 0.29) is 0 Å². The van der Waals surface area contributed by atoms with Crippen LogP contribution in [0.4, 0.5) is 0 Å². The number of furan rings is 1. The fourth-order valence-electron chi connectivity index (χ4n) is 5.67. The Kier molecular flexibility index (Phi) is 3.42. The van der Waals surface area contributed by atoms with Crippen LogP contribution in [0.15, 0.2) is 120 Å². The Balaban J connectivity index is 1.66. The van der Waals surface area contributed by atoms with Gasteiger partial charge in [-0.05, 0) is 46.5 Å². The Morgan fingerprint density at radius 3 is 1.91 bits per heavy atom. The van der Waals surface area contributed by atoms with Crippen LogP contribution in [0.3, 0.4) is 0 Å². The van der Waals surface area contributed by atoms with Crippen molar-refractivity contribution in [3.8, 4) is 5.69 Å². The molecule has 0 saturated heterocycles. The molecule has 8 rings (SSSR count). The minimum Gasteiger partial charge on any atom is -0.453 e. The maximum absolute atomic E-state index is 6.76. The third-order valence-corrected chi connectivity index (χ3v) is 7.16. The van der Waals surface area contributed by atoms with Crippen LogP contribution in [-0.2, 0) is 0 Å². The van der Waals surface area contributed by atoms with E-state index in [1.807, 2.05) is 0 Å². The molecule has 0 atom stereocenters. The number of rotatable bonds is 1. The molecule has 0 N–H and O–H groups in total. The number of benzene rings is 6. The summed E-state index contributed by atoms with van der Waals surface area (Å²) in [6.07, 6.45) is 0.